The summed E-state index contributed by atoms with van der Waals surface area (Å²) in [5.74, 6) is 1.28. The van der Waals surface area contributed by atoms with Crippen LogP contribution in [0.2, 0.25) is 0 Å². The molecule has 4 aromatic rings. The van der Waals surface area contributed by atoms with Gasteiger partial charge in [-0.25, -0.2) is 4.39 Å². The SMILES string of the molecule is CCN(Cc1ccc(OC)c(F)c1)Cc1nnc(-c2c(-c3ccccc3)noc2C)o1. The minimum Gasteiger partial charge on any atom is -0.494 e. The van der Waals surface area contributed by atoms with Gasteiger partial charge in [-0.1, -0.05) is 48.5 Å². The first-order chi connectivity index (χ1) is 15.1. The molecule has 2 aromatic heterocycles. The van der Waals surface area contributed by atoms with Crippen molar-refractivity contribution < 1.29 is 18.1 Å². The minimum atomic E-state index is -0.382. The van der Waals surface area contributed by atoms with Crippen LogP contribution in [0.1, 0.15) is 24.1 Å². The van der Waals surface area contributed by atoms with E-state index < -0.39 is 0 Å². The fourth-order valence-corrected chi connectivity index (χ4v) is 3.37. The fraction of sp³-hybridized carbons (Fsp3) is 0.261. The Labute approximate surface area is 179 Å². The standard InChI is InChI=1S/C23H23FN4O3/c1-4-28(13-16-10-11-19(29-3)18(24)12-16)14-20-25-26-23(30-20)21-15(2)31-27-22(21)17-8-6-5-7-9-17/h5-12H,4,13-14H2,1-3H3. The van der Waals surface area contributed by atoms with Gasteiger partial charge in [-0.2, -0.15) is 0 Å². The van der Waals surface area contributed by atoms with Crippen molar-refractivity contribution in [1.82, 2.24) is 20.3 Å². The third-order valence-corrected chi connectivity index (χ3v) is 5.02. The molecule has 4 rings (SSSR count). The van der Waals surface area contributed by atoms with E-state index in [1.807, 2.05) is 50.2 Å². The monoisotopic (exact) mass is 422 g/mol. The normalized spacial score (nSPS) is 11.3. The molecule has 0 atom stereocenters. The number of hydrogen-bond donors (Lipinski definition) is 0. The molecule has 8 heteroatoms. The number of rotatable bonds is 8. The van der Waals surface area contributed by atoms with Crippen LogP contribution in [0.25, 0.3) is 22.7 Å². The Kier molecular flexibility index (Phi) is 6.08. The molecule has 31 heavy (non-hydrogen) atoms. The second-order valence-corrected chi connectivity index (χ2v) is 7.10. The number of nitrogens with zero attached hydrogens (tertiary/aromatic N) is 4. The van der Waals surface area contributed by atoms with Gasteiger partial charge in [0, 0.05) is 12.1 Å². The second kappa shape index (κ2) is 9.09. The van der Waals surface area contributed by atoms with Crippen molar-refractivity contribution in [1.29, 1.82) is 0 Å². The molecular formula is C23H23FN4O3. The number of methoxy groups -OCH3 is 1. The first kappa shape index (κ1) is 20.7. The Hall–Kier alpha value is -3.52. The van der Waals surface area contributed by atoms with Crippen molar-refractivity contribution in [2.24, 2.45) is 0 Å². The van der Waals surface area contributed by atoms with E-state index in [1.165, 1.54) is 13.2 Å². The van der Waals surface area contributed by atoms with E-state index in [9.17, 15) is 4.39 Å². The van der Waals surface area contributed by atoms with Gasteiger partial charge < -0.3 is 13.7 Å². The Morgan fingerprint density at radius 3 is 2.58 bits per heavy atom. The van der Waals surface area contributed by atoms with Crippen molar-refractivity contribution in [3.05, 3.63) is 71.6 Å². The number of aromatic nitrogens is 3. The summed E-state index contributed by atoms with van der Waals surface area (Å²) in [6.45, 7) is 5.54. The zero-order chi connectivity index (χ0) is 21.8. The highest BCUT2D eigenvalue weighted by molar-refractivity contribution is 5.77. The molecular weight excluding hydrogens is 399 g/mol. The molecule has 0 fully saturated rings. The fourth-order valence-electron chi connectivity index (χ4n) is 3.37. The van der Waals surface area contributed by atoms with Crippen LogP contribution in [0.5, 0.6) is 5.75 Å². The lowest BCUT2D eigenvalue weighted by atomic mass is 10.1. The number of hydrogen-bond acceptors (Lipinski definition) is 7. The maximum Gasteiger partial charge on any atom is 0.253 e. The van der Waals surface area contributed by atoms with Crippen molar-refractivity contribution in [3.8, 4) is 28.5 Å². The molecule has 2 aromatic carbocycles. The third kappa shape index (κ3) is 4.49. The van der Waals surface area contributed by atoms with Crippen LogP contribution in [0, 0.1) is 12.7 Å². The predicted octanol–water partition coefficient (Wildman–Crippen LogP) is 4.87. The molecule has 0 aliphatic carbocycles. The van der Waals surface area contributed by atoms with Crippen molar-refractivity contribution in [2.75, 3.05) is 13.7 Å². The zero-order valence-electron chi connectivity index (χ0n) is 17.6. The van der Waals surface area contributed by atoms with Crippen LogP contribution < -0.4 is 4.74 Å². The summed E-state index contributed by atoms with van der Waals surface area (Å²) in [6, 6.07) is 14.7. The molecule has 0 spiro atoms. The molecule has 0 aliphatic rings. The van der Waals surface area contributed by atoms with Crippen molar-refractivity contribution in [3.63, 3.8) is 0 Å². The van der Waals surface area contributed by atoms with Gasteiger partial charge in [0.25, 0.3) is 5.89 Å². The Morgan fingerprint density at radius 1 is 1.06 bits per heavy atom. The van der Waals surface area contributed by atoms with Crippen LogP contribution in [0.3, 0.4) is 0 Å². The summed E-state index contributed by atoms with van der Waals surface area (Å²) < 4.78 is 30.3. The van der Waals surface area contributed by atoms with Crippen molar-refractivity contribution in [2.45, 2.75) is 26.9 Å². The topological polar surface area (TPSA) is 77.4 Å². The molecule has 0 aliphatic heterocycles. The zero-order valence-corrected chi connectivity index (χ0v) is 17.6. The maximum absolute atomic E-state index is 14.0. The molecule has 2 heterocycles. The molecule has 0 radical (unpaired) electrons. The summed E-state index contributed by atoms with van der Waals surface area (Å²) in [5.41, 5.74) is 3.09. The van der Waals surface area contributed by atoms with E-state index in [0.29, 0.717) is 41.9 Å². The lowest BCUT2D eigenvalue weighted by Gasteiger charge is -2.18. The molecule has 160 valence electrons. The summed E-state index contributed by atoms with van der Waals surface area (Å²) >= 11 is 0. The van der Waals surface area contributed by atoms with Gasteiger partial charge >= 0.3 is 0 Å². The van der Waals surface area contributed by atoms with Crippen LogP contribution in [-0.2, 0) is 13.1 Å². The van der Waals surface area contributed by atoms with E-state index in [4.69, 9.17) is 13.7 Å². The van der Waals surface area contributed by atoms with E-state index in [-0.39, 0.29) is 11.6 Å². The first-order valence-corrected chi connectivity index (χ1v) is 9.98. The molecule has 0 unspecified atom stereocenters. The second-order valence-electron chi connectivity index (χ2n) is 7.10. The summed E-state index contributed by atoms with van der Waals surface area (Å²) in [4.78, 5) is 2.08. The quantitative estimate of drug-likeness (QED) is 0.401. The highest BCUT2D eigenvalue weighted by Gasteiger charge is 2.22. The molecule has 0 saturated heterocycles. The van der Waals surface area contributed by atoms with E-state index in [0.717, 1.165) is 17.7 Å². The van der Waals surface area contributed by atoms with Gasteiger partial charge in [-0.15, -0.1) is 10.2 Å². The van der Waals surface area contributed by atoms with Gasteiger partial charge in [0.15, 0.2) is 11.6 Å². The Morgan fingerprint density at radius 2 is 1.87 bits per heavy atom. The maximum atomic E-state index is 14.0. The number of aryl methyl sites for hydroxylation is 1. The number of halogens is 1. The summed E-state index contributed by atoms with van der Waals surface area (Å²) in [5, 5.41) is 12.6. The lowest BCUT2D eigenvalue weighted by Crippen LogP contribution is -2.22. The highest BCUT2D eigenvalue weighted by Crippen LogP contribution is 2.33. The van der Waals surface area contributed by atoms with Gasteiger partial charge in [0.1, 0.15) is 17.0 Å². The van der Waals surface area contributed by atoms with E-state index in [1.54, 1.807) is 6.07 Å². The van der Waals surface area contributed by atoms with E-state index in [2.05, 4.69) is 20.3 Å². The average Bonchev–Trinajstić information content (AvgIpc) is 3.40. The third-order valence-electron chi connectivity index (χ3n) is 5.02. The van der Waals surface area contributed by atoms with Gasteiger partial charge in [-0.3, -0.25) is 4.90 Å². The van der Waals surface area contributed by atoms with E-state index >= 15 is 0 Å². The van der Waals surface area contributed by atoms with Gasteiger partial charge in [0.05, 0.1) is 13.7 Å². The molecule has 7 nitrogen and oxygen atoms in total. The Bertz CT molecular complexity index is 1160. The largest absolute Gasteiger partial charge is 0.494 e. The summed E-state index contributed by atoms with van der Waals surface area (Å²) in [7, 11) is 1.45. The van der Waals surface area contributed by atoms with Crippen LogP contribution in [0.4, 0.5) is 4.39 Å². The minimum absolute atomic E-state index is 0.228. The Balaban J connectivity index is 1.53. The van der Waals surface area contributed by atoms with Crippen LogP contribution >= 0.6 is 0 Å². The number of ether oxygens (including phenoxy) is 1. The smallest absolute Gasteiger partial charge is 0.253 e. The lowest BCUT2D eigenvalue weighted by molar-refractivity contribution is 0.243. The molecule has 0 bridgehead atoms. The average molecular weight is 422 g/mol. The number of benzene rings is 2. The highest BCUT2D eigenvalue weighted by atomic mass is 19.1. The predicted molar refractivity (Wildman–Crippen MR) is 113 cm³/mol. The van der Waals surface area contributed by atoms with Crippen LogP contribution in [0.15, 0.2) is 57.5 Å². The molecule has 0 saturated carbocycles. The van der Waals surface area contributed by atoms with Crippen LogP contribution in [-0.4, -0.2) is 33.9 Å². The van der Waals surface area contributed by atoms with Gasteiger partial charge in [0.2, 0.25) is 5.89 Å². The summed E-state index contributed by atoms with van der Waals surface area (Å²) in [6.07, 6.45) is 0. The first-order valence-electron chi connectivity index (χ1n) is 9.98. The van der Waals surface area contributed by atoms with Crippen molar-refractivity contribution >= 4 is 0 Å². The molecule has 0 N–H and O–H groups in total. The molecule has 0 amide bonds. The van der Waals surface area contributed by atoms with Gasteiger partial charge in [-0.05, 0) is 31.2 Å².